The molecule has 15 heavy (non-hydrogen) atoms. The number of fused-ring (bicyclic) bond motifs is 1. The summed E-state index contributed by atoms with van der Waals surface area (Å²) < 4.78 is 2.18. The average molecular weight is 203 g/mol. The first-order valence-corrected chi connectivity index (χ1v) is 5.28. The number of rotatable bonds is 2. The van der Waals surface area contributed by atoms with Crippen LogP contribution in [0.25, 0.3) is 11.0 Å². The monoisotopic (exact) mass is 203 g/mol. The van der Waals surface area contributed by atoms with E-state index in [-0.39, 0.29) is 0 Å². The fraction of sp³-hybridized carbons (Fsp3) is 0.417. The van der Waals surface area contributed by atoms with Gasteiger partial charge in [0.15, 0.2) is 0 Å². The SMILES string of the molecule is CCn1c(C(C)(C)N)nc2ccccc21. The quantitative estimate of drug-likeness (QED) is 0.813. The third-order valence-corrected chi connectivity index (χ3v) is 2.55. The van der Waals surface area contributed by atoms with Crippen LogP contribution in [0.1, 0.15) is 26.6 Å². The lowest BCUT2D eigenvalue weighted by molar-refractivity contribution is 0.485. The van der Waals surface area contributed by atoms with E-state index in [2.05, 4.69) is 22.5 Å². The molecule has 0 atom stereocenters. The van der Waals surface area contributed by atoms with Crippen LogP contribution in [0.4, 0.5) is 0 Å². The fourth-order valence-corrected chi connectivity index (χ4v) is 1.89. The molecular weight excluding hydrogens is 186 g/mol. The van der Waals surface area contributed by atoms with E-state index in [1.807, 2.05) is 32.0 Å². The Morgan fingerprint density at radius 3 is 2.60 bits per heavy atom. The molecule has 0 spiro atoms. The van der Waals surface area contributed by atoms with E-state index in [1.54, 1.807) is 0 Å². The van der Waals surface area contributed by atoms with Gasteiger partial charge >= 0.3 is 0 Å². The number of hydrogen-bond donors (Lipinski definition) is 1. The molecule has 0 aliphatic rings. The van der Waals surface area contributed by atoms with E-state index >= 15 is 0 Å². The zero-order valence-corrected chi connectivity index (χ0v) is 9.49. The van der Waals surface area contributed by atoms with Gasteiger partial charge in [0.1, 0.15) is 5.82 Å². The van der Waals surface area contributed by atoms with Crippen molar-refractivity contribution in [2.45, 2.75) is 32.9 Å². The zero-order valence-electron chi connectivity index (χ0n) is 9.49. The van der Waals surface area contributed by atoms with Crippen LogP contribution in [0.3, 0.4) is 0 Å². The first kappa shape index (κ1) is 10.2. The highest BCUT2D eigenvalue weighted by molar-refractivity contribution is 5.76. The second-order valence-corrected chi connectivity index (χ2v) is 4.39. The summed E-state index contributed by atoms with van der Waals surface area (Å²) in [6, 6.07) is 8.14. The fourth-order valence-electron chi connectivity index (χ4n) is 1.89. The number of nitrogens with two attached hydrogens (primary N) is 1. The van der Waals surface area contributed by atoms with Crippen molar-refractivity contribution in [1.29, 1.82) is 0 Å². The highest BCUT2D eigenvalue weighted by atomic mass is 15.1. The standard InChI is InChI=1S/C12H17N3/c1-4-15-10-8-6-5-7-9(10)14-11(15)12(2,3)13/h5-8H,4,13H2,1-3H3. The van der Waals surface area contributed by atoms with Crippen LogP contribution < -0.4 is 5.73 Å². The van der Waals surface area contributed by atoms with E-state index in [0.717, 1.165) is 23.4 Å². The highest BCUT2D eigenvalue weighted by Crippen LogP contribution is 2.22. The second-order valence-electron chi connectivity index (χ2n) is 4.39. The normalized spacial score (nSPS) is 12.3. The number of hydrogen-bond acceptors (Lipinski definition) is 2. The van der Waals surface area contributed by atoms with Gasteiger partial charge in [0, 0.05) is 6.54 Å². The van der Waals surface area contributed by atoms with E-state index in [4.69, 9.17) is 5.73 Å². The maximum absolute atomic E-state index is 6.11. The van der Waals surface area contributed by atoms with Gasteiger partial charge in [-0.05, 0) is 32.9 Å². The molecule has 0 fully saturated rings. The van der Waals surface area contributed by atoms with Crippen LogP contribution in [-0.4, -0.2) is 9.55 Å². The maximum atomic E-state index is 6.11. The van der Waals surface area contributed by atoms with Gasteiger partial charge in [-0.1, -0.05) is 12.1 Å². The van der Waals surface area contributed by atoms with Crippen LogP contribution in [0, 0.1) is 0 Å². The molecule has 1 aromatic heterocycles. The van der Waals surface area contributed by atoms with Gasteiger partial charge in [0.2, 0.25) is 0 Å². The molecule has 3 heteroatoms. The minimum atomic E-state index is -0.394. The lowest BCUT2D eigenvalue weighted by Crippen LogP contribution is -2.32. The van der Waals surface area contributed by atoms with Crippen LogP contribution >= 0.6 is 0 Å². The summed E-state index contributed by atoms with van der Waals surface area (Å²) in [6.45, 7) is 6.99. The third kappa shape index (κ3) is 1.63. The number of benzene rings is 1. The Bertz CT molecular complexity index is 477. The lowest BCUT2D eigenvalue weighted by atomic mass is 10.1. The molecule has 0 radical (unpaired) electrons. The van der Waals surface area contributed by atoms with Crippen molar-refractivity contribution >= 4 is 11.0 Å². The number of aryl methyl sites for hydroxylation is 1. The molecule has 0 bridgehead atoms. The second kappa shape index (κ2) is 3.35. The van der Waals surface area contributed by atoms with E-state index in [9.17, 15) is 0 Å². The number of para-hydroxylation sites is 2. The first-order chi connectivity index (χ1) is 7.04. The largest absolute Gasteiger partial charge is 0.327 e. The van der Waals surface area contributed by atoms with Crippen molar-refractivity contribution in [3.8, 4) is 0 Å². The summed E-state index contributed by atoms with van der Waals surface area (Å²) in [6.07, 6.45) is 0. The predicted molar refractivity (Wildman–Crippen MR) is 62.6 cm³/mol. The van der Waals surface area contributed by atoms with Crippen LogP contribution in [0.2, 0.25) is 0 Å². The minimum absolute atomic E-state index is 0.394. The zero-order chi connectivity index (χ0) is 11.1. The van der Waals surface area contributed by atoms with Gasteiger partial charge in [-0.25, -0.2) is 4.98 Å². The summed E-state index contributed by atoms with van der Waals surface area (Å²) in [4.78, 5) is 4.59. The van der Waals surface area contributed by atoms with E-state index < -0.39 is 5.54 Å². The highest BCUT2D eigenvalue weighted by Gasteiger charge is 2.22. The average Bonchev–Trinajstić information content (AvgIpc) is 2.55. The van der Waals surface area contributed by atoms with Crippen LogP contribution in [-0.2, 0) is 12.1 Å². The van der Waals surface area contributed by atoms with Gasteiger partial charge in [0.05, 0.1) is 16.6 Å². The Morgan fingerprint density at radius 2 is 2.00 bits per heavy atom. The Kier molecular flexibility index (Phi) is 2.27. The lowest BCUT2D eigenvalue weighted by Gasteiger charge is -2.19. The summed E-state index contributed by atoms with van der Waals surface area (Å²) >= 11 is 0. The molecule has 3 nitrogen and oxygen atoms in total. The maximum Gasteiger partial charge on any atom is 0.129 e. The van der Waals surface area contributed by atoms with Gasteiger partial charge in [0.25, 0.3) is 0 Å². The Labute approximate surface area is 89.9 Å². The number of nitrogens with zero attached hydrogens (tertiary/aromatic N) is 2. The first-order valence-electron chi connectivity index (χ1n) is 5.28. The molecule has 0 unspecified atom stereocenters. The molecule has 0 amide bonds. The van der Waals surface area contributed by atoms with E-state index in [1.165, 1.54) is 0 Å². The Hall–Kier alpha value is -1.35. The predicted octanol–water partition coefficient (Wildman–Crippen LogP) is 2.25. The summed E-state index contributed by atoms with van der Waals surface area (Å²) in [7, 11) is 0. The molecule has 0 aliphatic carbocycles. The van der Waals surface area contributed by atoms with Gasteiger partial charge in [-0.3, -0.25) is 0 Å². The van der Waals surface area contributed by atoms with Crippen molar-refractivity contribution in [3.63, 3.8) is 0 Å². The molecule has 80 valence electrons. The molecule has 1 heterocycles. The molecule has 2 N–H and O–H groups in total. The number of imidazole rings is 1. The van der Waals surface area contributed by atoms with Crippen LogP contribution in [0.15, 0.2) is 24.3 Å². The third-order valence-electron chi connectivity index (χ3n) is 2.55. The van der Waals surface area contributed by atoms with Gasteiger partial charge in [-0.15, -0.1) is 0 Å². The molecule has 0 saturated carbocycles. The molecular formula is C12H17N3. The molecule has 1 aromatic carbocycles. The topological polar surface area (TPSA) is 43.8 Å². The summed E-state index contributed by atoms with van der Waals surface area (Å²) in [5.74, 6) is 0.950. The summed E-state index contributed by atoms with van der Waals surface area (Å²) in [5.41, 5.74) is 7.90. The van der Waals surface area contributed by atoms with Crippen molar-refractivity contribution in [1.82, 2.24) is 9.55 Å². The van der Waals surface area contributed by atoms with Crippen molar-refractivity contribution < 1.29 is 0 Å². The molecule has 2 aromatic rings. The molecule has 0 saturated heterocycles. The smallest absolute Gasteiger partial charge is 0.129 e. The van der Waals surface area contributed by atoms with Crippen LogP contribution in [0.5, 0.6) is 0 Å². The van der Waals surface area contributed by atoms with Crippen molar-refractivity contribution in [2.75, 3.05) is 0 Å². The minimum Gasteiger partial charge on any atom is -0.327 e. The van der Waals surface area contributed by atoms with Crippen molar-refractivity contribution in [2.24, 2.45) is 5.73 Å². The van der Waals surface area contributed by atoms with Crippen molar-refractivity contribution in [3.05, 3.63) is 30.1 Å². The number of aromatic nitrogens is 2. The molecule has 2 rings (SSSR count). The Balaban J connectivity index is 2.75. The molecule has 0 aliphatic heterocycles. The van der Waals surface area contributed by atoms with Gasteiger partial charge < -0.3 is 10.3 Å². The Morgan fingerprint density at radius 1 is 1.33 bits per heavy atom. The van der Waals surface area contributed by atoms with E-state index in [0.29, 0.717) is 0 Å². The summed E-state index contributed by atoms with van der Waals surface area (Å²) in [5, 5.41) is 0. The van der Waals surface area contributed by atoms with Gasteiger partial charge in [-0.2, -0.15) is 0 Å².